The standard InChI is InChI=1S/C15H25N3/c1-6-7-16-10-14-8-13(4)17-15(9-14)18(5)11-12(2)3/h8-9,16H,2,6-7,10-11H2,1,3-5H3. The molecule has 18 heavy (non-hydrogen) atoms. The SMILES string of the molecule is C=C(C)CN(C)c1cc(CNCCC)cc(C)n1. The molecule has 0 aliphatic rings. The summed E-state index contributed by atoms with van der Waals surface area (Å²) < 4.78 is 0. The number of likely N-dealkylation sites (N-methyl/N-ethyl adjacent to an activating group) is 1. The van der Waals surface area contributed by atoms with Gasteiger partial charge in [-0.3, -0.25) is 0 Å². The van der Waals surface area contributed by atoms with Crippen molar-refractivity contribution in [1.82, 2.24) is 10.3 Å². The number of rotatable bonds is 7. The van der Waals surface area contributed by atoms with Gasteiger partial charge >= 0.3 is 0 Å². The van der Waals surface area contributed by atoms with E-state index in [0.717, 1.165) is 43.1 Å². The van der Waals surface area contributed by atoms with Crippen molar-refractivity contribution < 1.29 is 0 Å². The minimum atomic E-state index is 0.846. The Kier molecular flexibility index (Phi) is 5.86. The molecule has 1 aromatic heterocycles. The fourth-order valence-electron chi connectivity index (χ4n) is 1.91. The van der Waals surface area contributed by atoms with E-state index in [4.69, 9.17) is 0 Å². The van der Waals surface area contributed by atoms with Gasteiger partial charge in [-0.25, -0.2) is 4.98 Å². The summed E-state index contributed by atoms with van der Waals surface area (Å²) in [6.07, 6.45) is 1.16. The summed E-state index contributed by atoms with van der Waals surface area (Å²) in [7, 11) is 2.06. The number of anilines is 1. The molecule has 0 unspecified atom stereocenters. The highest BCUT2D eigenvalue weighted by Crippen LogP contribution is 2.14. The van der Waals surface area contributed by atoms with Crippen molar-refractivity contribution >= 4 is 5.82 Å². The fraction of sp³-hybridized carbons (Fsp3) is 0.533. The average Bonchev–Trinajstić information content (AvgIpc) is 2.27. The smallest absolute Gasteiger partial charge is 0.129 e. The first-order valence-electron chi connectivity index (χ1n) is 6.56. The molecular formula is C15H25N3. The third-order valence-electron chi connectivity index (χ3n) is 2.65. The summed E-state index contributed by atoms with van der Waals surface area (Å²) in [6.45, 7) is 13.0. The molecule has 0 aliphatic carbocycles. The molecule has 0 aliphatic heterocycles. The average molecular weight is 247 g/mol. The first kappa shape index (κ1) is 14.7. The summed E-state index contributed by atoms with van der Waals surface area (Å²) in [6, 6.07) is 4.29. The minimum absolute atomic E-state index is 0.846. The maximum absolute atomic E-state index is 4.57. The van der Waals surface area contributed by atoms with Gasteiger partial charge in [0.1, 0.15) is 5.82 Å². The maximum atomic E-state index is 4.57. The quantitative estimate of drug-likeness (QED) is 0.593. The number of hydrogen-bond acceptors (Lipinski definition) is 3. The molecule has 0 aromatic carbocycles. The Hall–Kier alpha value is -1.35. The molecule has 0 fully saturated rings. The van der Waals surface area contributed by atoms with E-state index < -0.39 is 0 Å². The lowest BCUT2D eigenvalue weighted by Crippen LogP contribution is -2.21. The summed E-state index contributed by atoms with van der Waals surface area (Å²) in [5, 5.41) is 3.42. The number of nitrogens with zero attached hydrogens (tertiary/aromatic N) is 2. The van der Waals surface area contributed by atoms with E-state index in [1.165, 1.54) is 5.56 Å². The third kappa shape index (κ3) is 4.88. The molecule has 1 heterocycles. The van der Waals surface area contributed by atoms with Crippen molar-refractivity contribution in [3.63, 3.8) is 0 Å². The van der Waals surface area contributed by atoms with E-state index in [1.54, 1.807) is 0 Å². The highest BCUT2D eigenvalue weighted by molar-refractivity contribution is 5.43. The number of pyridine rings is 1. The second-order valence-corrected chi connectivity index (χ2v) is 4.96. The van der Waals surface area contributed by atoms with Crippen LogP contribution in [0.2, 0.25) is 0 Å². The number of hydrogen-bond donors (Lipinski definition) is 1. The van der Waals surface area contributed by atoms with Crippen molar-refractivity contribution in [1.29, 1.82) is 0 Å². The van der Waals surface area contributed by atoms with E-state index >= 15 is 0 Å². The molecule has 0 atom stereocenters. The van der Waals surface area contributed by atoms with Gasteiger partial charge in [0.25, 0.3) is 0 Å². The zero-order chi connectivity index (χ0) is 13.5. The predicted octanol–water partition coefficient (Wildman–Crippen LogP) is 2.90. The topological polar surface area (TPSA) is 28.2 Å². The van der Waals surface area contributed by atoms with Crippen LogP contribution in [0.4, 0.5) is 5.82 Å². The molecule has 1 aromatic rings. The fourth-order valence-corrected chi connectivity index (χ4v) is 1.91. The summed E-state index contributed by atoms with van der Waals surface area (Å²) >= 11 is 0. The number of aromatic nitrogens is 1. The Bertz CT molecular complexity index is 399. The molecular weight excluding hydrogens is 222 g/mol. The van der Waals surface area contributed by atoms with Crippen LogP contribution in [-0.4, -0.2) is 25.1 Å². The van der Waals surface area contributed by atoms with E-state index in [2.05, 4.69) is 47.9 Å². The third-order valence-corrected chi connectivity index (χ3v) is 2.65. The van der Waals surface area contributed by atoms with Gasteiger partial charge in [-0.2, -0.15) is 0 Å². The largest absolute Gasteiger partial charge is 0.356 e. The Morgan fingerprint density at radius 1 is 1.44 bits per heavy atom. The van der Waals surface area contributed by atoms with Crippen LogP contribution < -0.4 is 10.2 Å². The highest BCUT2D eigenvalue weighted by atomic mass is 15.2. The normalized spacial score (nSPS) is 10.4. The molecule has 0 saturated heterocycles. The molecule has 0 amide bonds. The molecule has 1 N–H and O–H groups in total. The maximum Gasteiger partial charge on any atom is 0.129 e. The molecule has 3 nitrogen and oxygen atoms in total. The molecule has 100 valence electrons. The van der Waals surface area contributed by atoms with Gasteiger partial charge in [0.15, 0.2) is 0 Å². The van der Waals surface area contributed by atoms with Crippen LogP contribution in [0, 0.1) is 6.92 Å². The van der Waals surface area contributed by atoms with Crippen molar-refractivity contribution in [3.05, 3.63) is 35.5 Å². The Labute approximate surface area is 111 Å². The van der Waals surface area contributed by atoms with Crippen LogP contribution in [-0.2, 0) is 6.54 Å². The van der Waals surface area contributed by atoms with Gasteiger partial charge in [0.05, 0.1) is 0 Å². The number of aryl methyl sites for hydroxylation is 1. The van der Waals surface area contributed by atoms with Crippen molar-refractivity contribution in [2.24, 2.45) is 0 Å². The van der Waals surface area contributed by atoms with Crippen LogP contribution in [0.25, 0.3) is 0 Å². The van der Waals surface area contributed by atoms with Crippen LogP contribution in [0.1, 0.15) is 31.5 Å². The first-order valence-corrected chi connectivity index (χ1v) is 6.56. The zero-order valence-electron chi connectivity index (χ0n) is 12.1. The number of nitrogens with one attached hydrogen (secondary N) is 1. The summed E-state index contributed by atoms with van der Waals surface area (Å²) in [5.74, 6) is 1.02. The van der Waals surface area contributed by atoms with Crippen molar-refractivity contribution in [3.8, 4) is 0 Å². The summed E-state index contributed by atoms with van der Waals surface area (Å²) in [5.41, 5.74) is 3.50. The molecule has 0 bridgehead atoms. The van der Waals surface area contributed by atoms with Gasteiger partial charge in [-0.05, 0) is 44.5 Å². The van der Waals surface area contributed by atoms with Crippen LogP contribution in [0.5, 0.6) is 0 Å². The predicted molar refractivity (Wildman–Crippen MR) is 79.1 cm³/mol. The molecule has 0 radical (unpaired) electrons. The Morgan fingerprint density at radius 3 is 2.78 bits per heavy atom. The van der Waals surface area contributed by atoms with E-state index in [0.29, 0.717) is 0 Å². The van der Waals surface area contributed by atoms with Gasteiger partial charge in [-0.15, -0.1) is 0 Å². The molecule has 0 saturated carbocycles. The van der Waals surface area contributed by atoms with Crippen LogP contribution in [0.3, 0.4) is 0 Å². The van der Waals surface area contributed by atoms with Crippen LogP contribution in [0.15, 0.2) is 24.3 Å². The minimum Gasteiger partial charge on any atom is -0.356 e. The van der Waals surface area contributed by atoms with E-state index in [1.807, 2.05) is 13.8 Å². The Balaban J connectivity index is 2.76. The van der Waals surface area contributed by atoms with Crippen LogP contribution >= 0.6 is 0 Å². The lowest BCUT2D eigenvalue weighted by Gasteiger charge is -2.19. The lowest BCUT2D eigenvalue weighted by atomic mass is 10.2. The van der Waals surface area contributed by atoms with Gasteiger partial charge in [-0.1, -0.05) is 19.1 Å². The van der Waals surface area contributed by atoms with Crippen molar-refractivity contribution in [2.75, 3.05) is 25.0 Å². The second-order valence-electron chi connectivity index (χ2n) is 4.96. The van der Waals surface area contributed by atoms with E-state index in [-0.39, 0.29) is 0 Å². The second kappa shape index (κ2) is 7.17. The lowest BCUT2D eigenvalue weighted by molar-refractivity contribution is 0.674. The highest BCUT2D eigenvalue weighted by Gasteiger charge is 2.05. The molecule has 0 spiro atoms. The van der Waals surface area contributed by atoms with Gasteiger partial charge in [0.2, 0.25) is 0 Å². The summed E-state index contributed by atoms with van der Waals surface area (Å²) in [4.78, 5) is 6.71. The van der Waals surface area contributed by atoms with Crippen molar-refractivity contribution in [2.45, 2.75) is 33.7 Å². The molecule has 3 heteroatoms. The monoisotopic (exact) mass is 247 g/mol. The first-order chi connectivity index (χ1) is 8.52. The van der Waals surface area contributed by atoms with Gasteiger partial charge < -0.3 is 10.2 Å². The zero-order valence-corrected chi connectivity index (χ0v) is 12.1. The van der Waals surface area contributed by atoms with Gasteiger partial charge in [0, 0.05) is 25.8 Å². The molecule has 1 rings (SSSR count). The Morgan fingerprint density at radius 2 is 2.17 bits per heavy atom. The van der Waals surface area contributed by atoms with E-state index in [9.17, 15) is 0 Å².